The van der Waals surface area contributed by atoms with E-state index >= 15 is 0 Å². The first-order chi connectivity index (χ1) is 22.0. The van der Waals surface area contributed by atoms with Crippen LogP contribution in [0.5, 0.6) is 5.75 Å². The lowest BCUT2D eigenvalue weighted by Crippen LogP contribution is -2.49. The molecule has 0 unspecified atom stereocenters. The Kier molecular flexibility index (Phi) is 11.0. The molecule has 6 atom stereocenters. The van der Waals surface area contributed by atoms with Crippen LogP contribution in [0.3, 0.4) is 0 Å². The molecule has 1 aliphatic rings. The maximum absolute atomic E-state index is 14.2. The number of hydrogen-bond acceptors (Lipinski definition) is 13. The summed E-state index contributed by atoms with van der Waals surface area (Å²) in [6, 6.07) is 13.7. The van der Waals surface area contributed by atoms with Crippen LogP contribution in [-0.2, 0) is 42.4 Å². The number of nitrogens with two attached hydrogens (primary N) is 1. The standard InChI is InChI=1S/C30H36N5O10P/c1-5-24(36)42-27-26(23-14-13-22-21(32)15-16-33-35(22)23)44-30(17-31,28(27)43-25(37)6-2)18-41-46(39,34-19(4)29(38)40-7-3)45-20-11-9-8-10-12-20/h8-16,19,26-28H,5-7,18,32H2,1-4H3,(H,34,39)/t19-,26-,27-,28-,30+,46-/m0/s1. The Morgan fingerprint density at radius 2 is 1.80 bits per heavy atom. The van der Waals surface area contributed by atoms with Crippen LogP contribution in [0, 0.1) is 11.3 Å². The van der Waals surface area contributed by atoms with Gasteiger partial charge in [0.05, 0.1) is 23.5 Å². The molecule has 0 spiro atoms. The first-order valence-corrected chi connectivity index (χ1v) is 16.2. The number of hydrogen-bond donors (Lipinski definition) is 2. The van der Waals surface area contributed by atoms with Crippen LogP contribution >= 0.6 is 7.75 Å². The fraction of sp³-hybridized carbons (Fsp3) is 0.433. The van der Waals surface area contributed by atoms with E-state index in [1.165, 1.54) is 29.8 Å². The van der Waals surface area contributed by atoms with Crippen LogP contribution in [0.4, 0.5) is 5.69 Å². The molecule has 15 nitrogen and oxygen atoms in total. The fourth-order valence-corrected chi connectivity index (χ4v) is 6.24. The van der Waals surface area contributed by atoms with Crippen LogP contribution in [0.25, 0.3) is 5.52 Å². The van der Waals surface area contributed by atoms with Crippen molar-refractivity contribution in [1.82, 2.24) is 14.7 Å². The summed E-state index contributed by atoms with van der Waals surface area (Å²) in [5.74, 6) is -2.00. The van der Waals surface area contributed by atoms with Crippen molar-refractivity contribution in [1.29, 1.82) is 5.26 Å². The molecule has 1 aromatic carbocycles. The maximum atomic E-state index is 14.2. The SMILES string of the molecule is CCOC(=O)[C@H](C)N[P@](=O)(OC[C@@]1(C#N)O[C@@H](c2ccc3c(N)ccnn23)[C@H](OC(=O)CC)[C@@H]1OC(=O)CC)Oc1ccccc1. The predicted molar refractivity (Wildman–Crippen MR) is 162 cm³/mol. The normalized spacial score (nSPS) is 22.7. The number of nitrogen functional groups attached to an aromatic ring is 1. The highest BCUT2D eigenvalue weighted by Gasteiger charge is 2.62. The lowest BCUT2D eigenvalue weighted by molar-refractivity contribution is -0.169. The Hall–Kier alpha value is -4.48. The smallest absolute Gasteiger partial charge is 0.459 e. The van der Waals surface area contributed by atoms with Gasteiger partial charge in [-0.3, -0.25) is 18.9 Å². The van der Waals surface area contributed by atoms with Crippen molar-refractivity contribution in [3.8, 4) is 11.8 Å². The highest BCUT2D eigenvalue weighted by molar-refractivity contribution is 7.52. The van der Waals surface area contributed by atoms with Crippen LogP contribution in [0.2, 0.25) is 0 Å². The van der Waals surface area contributed by atoms with Gasteiger partial charge in [0.15, 0.2) is 12.2 Å². The summed E-state index contributed by atoms with van der Waals surface area (Å²) in [4.78, 5) is 37.8. The highest BCUT2D eigenvalue weighted by atomic mass is 31.2. The summed E-state index contributed by atoms with van der Waals surface area (Å²) >= 11 is 0. The molecule has 0 aliphatic carbocycles. The molecule has 3 heterocycles. The Labute approximate surface area is 265 Å². The summed E-state index contributed by atoms with van der Waals surface area (Å²) in [5, 5.41) is 17.5. The van der Waals surface area contributed by atoms with Crippen LogP contribution in [0.15, 0.2) is 54.7 Å². The van der Waals surface area contributed by atoms with Gasteiger partial charge in [0.2, 0.25) is 5.60 Å². The number of aromatic nitrogens is 2. The van der Waals surface area contributed by atoms with Gasteiger partial charge < -0.3 is 29.2 Å². The van der Waals surface area contributed by atoms with Crippen molar-refractivity contribution in [2.24, 2.45) is 0 Å². The second kappa shape index (κ2) is 14.7. The van der Waals surface area contributed by atoms with Gasteiger partial charge in [-0.05, 0) is 44.2 Å². The maximum Gasteiger partial charge on any atom is 0.459 e. The first kappa shape index (κ1) is 34.4. The van der Waals surface area contributed by atoms with E-state index in [1.54, 1.807) is 57.2 Å². The number of anilines is 1. The Morgan fingerprint density at radius 1 is 1.11 bits per heavy atom. The number of carbonyl (C=O) groups excluding carboxylic acids is 3. The molecule has 246 valence electrons. The van der Waals surface area contributed by atoms with Crippen molar-refractivity contribution < 1.29 is 46.9 Å². The zero-order chi connectivity index (χ0) is 33.5. The molecular formula is C30H36N5O10P. The minimum absolute atomic E-state index is 0.0381. The molecule has 0 saturated carbocycles. The third-order valence-corrected chi connectivity index (χ3v) is 8.63. The molecule has 0 radical (unpaired) electrons. The fourth-order valence-electron chi connectivity index (χ4n) is 4.72. The average Bonchev–Trinajstić information content (AvgIpc) is 3.60. The third-order valence-electron chi connectivity index (χ3n) is 7.00. The molecule has 2 aromatic heterocycles. The Bertz CT molecular complexity index is 1640. The summed E-state index contributed by atoms with van der Waals surface area (Å²) in [7, 11) is -4.49. The predicted octanol–water partition coefficient (Wildman–Crippen LogP) is 3.64. The quantitative estimate of drug-likeness (QED) is 0.144. The number of nitrogens with zero attached hydrogens (tertiary/aromatic N) is 3. The van der Waals surface area contributed by atoms with Gasteiger partial charge in [-0.25, -0.2) is 9.08 Å². The third kappa shape index (κ3) is 7.48. The van der Waals surface area contributed by atoms with Crippen LogP contribution in [0.1, 0.15) is 52.3 Å². The van der Waals surface area contributed by atoms with E-state index in [9.17, 15) is 24.2 Å². The monoisotopic (exact) mass is 657 g/mol. The van der Waals surface area contributed by atoms with Gasteiger partial charge in [-0.1, -0.05) is 32.0 Å². The highest BCUT2D eigenvalue weighted by Crippen LogP contribution is 2.50. The number of rotatable bonds is 14. The number of ether oxygens (including phenoxy) is 4. The lowest BCUT2D eigenvalue weighted by atomic mass is 9.95. The number of nitriles is 1. The average molecular weight is 658 g/mol. The lowest BCUT2D eigenvalue weighted by Gasteiger charge is -2.30. The van der Waals surface area contributed by atoms with Crippen LogP contribution < -0.4 is 15.3 Å². The van der Waals surface area contributed by atoms with E-state index < -0.39 is 62.2 Å². The zero-order valence-electron chi connectivity index (χ0n) is 25.8. The summed E-state index contributed by atoms with van der Waals surface area (Å²) in [6.45, 7) is 5.37. The first-order valence-electron chi connectivity index (χ1n) is 14.6. The van der Waals surface area contributed by atoms with Gasteiger partial charge in [-0.2, -0.15) is 15.4 Å². The molecule has 3 aromatic rings. The van der Waals surface area contributed by atoms with E-state index in [1.807, 2.05) is 6.07 Å². The summed E-state index contributed by atoms with van der Waals surface area (Å²) in [6.07, 6.45) is -2.83. The zero-order valence-corrected chi connectivity index (χ0v) is 26.7. The van der Waals surface area contributed by atoms with E-state index in [-0.39, 0.29) is 25.2 Å². The van der Waals surface area contributed by atoms with Gasteiger partial charge in [0.25, 0.3) is 0 Å². The van der Waals surface area contributed by atoms with Crippen molar-refractivity contribution >= 4 is 36.9 Å². The molecule has 46 heavy (non-hydrogen) atoms. The van der Waals surface area contributed by atoms with E-state index in [0.717, 1.165) is 0 Å². The minimum Gasteiger partial charge on any atom is -0.465 e. The van der Waals surface area contributed by atoms with Gasteiger partial charge >= 0.3 is 25.7 Å². The largest absolute Gasteiger partial charge is 0.465 e. The van der Waals surface area contributed by atoms with Crippen molar-refractivity contribution in [2.45, 2.75) is 70.5 Å². The van der Waals surface area contributed by atoms with Gasteiger partial charge in [-0.15, -0.1) is 0 Å². The molecule has 1 aliphatic heterocycles. The second-order valence-electron chi connectivity index (χ2n) is 10.2. The van der Waals surface area contributed by atoms with E-state index in [4.69, 9.17) is 33.7 Å². The van der Waals surface area contributed by atoms with Crippen molar-refractivity contribution in [3.05, 3.63) is 60.4 Å². The molecule has 4 rings (SSSR count). The summed E-state index contributed by atoms with van der Waals surface area (Å²) < 4.78 is 49.9. The Morgan fingerprint density at radius 3 is 2.46 bits per heavy atom. The number of benzene rings is 1. The van der Waals surface area contributed by atoms with Gasteiger partial charge in [0, 0.05) is 19.0 Å². The van der Waals surface area contributed by atoms with Gasteiger partial charge in [0.1, 0.15) is 30.6 Å². The van der Waals surface area contributed by atoms with E-state index in [0.29, 0.717) is 16.9 Å². The minimum atomic E-state index is -4.49. The molecule has 1 fully saturated rings. The van der Waals surface area contributed by atoms with Crippen LogP contribution in [-0.4, -0.2) is 64.6 Å². The molecule has 1 saturated heterocycles. The van der Waals surface area contributed by atoms with E-state index in [2.05, 4.69) is 10.2 Å². The summed E-state index contributed by atoms with van der Waals surface area (Å²) in [5.41, 5.74) is 5.14. The molecule has 3 N–H and O–H groups in total. The molecule has 0 bridgehead atoms. The molecular weight excluding hydrogens is 621 g/mol. The number of carbonyl (C=O) groups is 3. The second-order valence-corrected chi connectivity index (χ2v) is 11.9. The molecule has 16 heteroatoms. The Balaban J connectivity index is 1.77. The van der Waals surface area contributed by atoms with Crippen molar-refractivity contribution in [3.63, 3.8) is 0 Å². The number of esters is 3. The molecule has 0 amide bonds. The number of para-hydroxylation sites is 1. The number of nitrogens with one attached hydrogen (secondary N) is 1. The van der Waals surface area contributed by atoms with Crippen molar-refractivity contribution in [2.75, 3.05) is 18.9 Å². The topological polar surface area (TPSA) is 203 Å². The number of fused-ring (bicyclic) bond motifs is 1.